The number of aliphatic hydroxyl groups excluding tert-OH is 1. The van der Waals surface area contributed by atoms with E-state index in [0.717, 1.165) is 6.42 Å². The fourth-order valence-corrected chi connectivity index (χ4v) is 3.48. The summed E-state index contributed by atoms with van der Waals surface area (Å²) in [7, 11) is 0. The summed E-state index contributed by atoms with van der Waals surface area (Å²) in [5, 5.41) is 8.73. The molecule has 1 N–H and O–H groups in total. The van der Waals surface area contributed by atoms with Gasteiger partial charge in [0.05, 0.1) is 26.2 Å². The summed E-state index contributed by atoms with van der Waals surface area (Å²) < 4.78 is 1.42. The van der Waals surface area contributed by atoms with Crippen LogP contribution in [0.15, 0.2) is 0 Å². The van der Waals surface area contributed by atoms with E-state index in [9.17, 15) is 0 Å². The molecule has 1 heterocycles. The highest BCUT2D eigenvalue weighted by molar-refractivity contribution is 4.55. The number of hydrogen-bond acceptors (Lipinski definition) is 1. The van der Waals surface area contributed by atoms with E-state index in [1.54, 1.807) is 0 Å². The van der Waals surface area contributed by atoms with E-state index in [-0.39, 0.29) is 0 Å². The molecular formula is C16H34NO+. The molecule has 0 aromatic rings. The molecule has 0 bridgehead atoms. The Labute approximate surface area is 114 Å². The van der Waals surface area contributed by atoms with E-state index in [1.807, 2.05) is 0 Å². The van der Waals surface area contributed by atoms with Crippen LogP contribution in [0.2, 0.25) is 0 Å². The number of aliphatic hydroxyl groups is 1. The molecular weight excluding hydrogens is 222 g/mol. The Balaban J connectivity index is 2.10. The largest absolute Gasteiger partial charge is 0.396 e. The van der Waals surface area contributed by atoms with Crippen molar-refractivity contribution < 1.29 is 9.59 Å². The van der Waals surface area contributed by atoms with E-state index >= 15 is 0 Å². The summed E-state index contributed by atoms with van der Waals surface area (Å²) in [6, 6.07) is 0. The molecule has 18 heavy (non-hydrogen) atoms. The molecule has 1 aliphatic heterocycles. The molecule has 0 aliphatic carbocycles. The van der Waals surface area contributed by atoms with Gasteiger partial charge in [0.2, 0.25) is 0 Å². The van der Waals surface area contributed by atoms with Crippen molar-refractivity contribution in [2.45, 2.75) is 71.1 Å². The van der Waals surface area contributed by atoms with Gasteiger partial charge in [-0.2, -0.15) is 0 Å². The van der Waals surface area contributed by atoms with Crippen molar-refractivity contribution in [3.63, 3.8) is 0 Å². The number of piperidine rings is 1. The number of nitrogens with zero attached hydrogens (tertiary/aromatic N) is 1. The van der Waals surface area contributed by atoms with Crippen LogP contribution in [0, 0.1) is 0 Å². The lowest BCUT2D eigenvalue weighted by Crippen LogP contribution is -2.52. The highest BCUT2D eigenvalue weighted by Gasteiger charge is 2.27. The van der Waals surface area contributed by atoms with Gasteiger partial charge in [0.1, 0.15) is 0 Å². The quantitative estimate of drug-likeness (QED) is 0.466. The molecule has 2 heteroatoms. The summed E-state index contributed by atoms with van der Waals surface area (Å²) in [4.78, 5) is 0. The van der Waals surface area contributed by atoms with Crippen molar-refractivity contribution in [3.05, 3.63) is 0 Å². The predicted molar refractivity (Wildman–Crippen MR) is 78.7 cm³/mol. The van der Waals surface area contributed by atoms with Crippen LogP contribution in [-0.4, -0.2) is 42.4 Å². The summed E-state index contributed by atoms with van der Waals surface area (Å²) in [6.07, 6.45) is 13.4. The van der Waals surface area contributed by atoms with Crippen LogP contribution in [-0.2, 0) is 0 Å². The molecule has 0 aromatic heterocycles. The second-order valence-electron chi connectivity index (χ2n) is 6.14. The molecule has 0 unspecified atom stereocenters. The lowest BCUT2D eigenvalue weighted by atomic mass is 10.0. The summed E-state index contributed by atoms with van der Waals surface area (Å²) in [6.45, 7) is 8.43. The molecule has 0 radical (unpaired) electrons. The average molecular weight is 256 g/mol. The Morgan fingerprint density at radius 3 is 2.00 bits per heavy atom. The van der Waals surface area contributed by atoms with Crippen molar-refractivity contribution in [3.8, 4) is 0 Å². The van der Waals surface area contributed by atoms with E-state index < -0.39 is 0 Å². The van der Waals surface area contributed by atoms with Crippen LogP contribution in [0.1, 0.15) is 71.1 Å². The number of quaternary nitrogens is 1. The van der Waals surface area contributed by atoms with Crippen molar-refractivity contribution in [2.75, 3.05) is 32.8 Å². The second kappa shape index (κ2) is 9.80. The molecule has 0 spiro atoms. The lowest BCUT2D eigenvalue weighted by molar-refractivity contribution is -0.932. The summed E-state index contributed by atoms with van der Waals surface area (Å²) in [5.41, 5.74) is 0. The Morgan fingerprint density at radius 2 is 1.39 bits per heavy atom. The van der Waals surface area contributed by atoms with Gasteiger partial charge in [-0.1, -0.05) is 26.2 Å². The van der Waals surface area contributed by atoms with Gasteiger partial charge < -0.3 is 9.59 Å². The molecule has 108 valence electrons. The van der Waals surface area contributed by atoms with Crippen LogP contribution >= 0.6 is 0 Å². The second-order valence-corrected chi connectivity index (χ2v) is 6.14. The monoisotopic (exact) mass is 256 g/mol. The normalized spacial score (nSPS) is 19.0. The maximum atomic E-state index is 8.73. The number of likely N-dealkylation sites (tertiary alicyclic amines) is 1. The van der Waals surface area contributed by atoms with E-state index in [4.69, 9.17) is 5.11 Å². The smallest absolute Gasteiger partial charge is 0.0786 e. The minimum absolute atomic E-state index is 0.372. The maximum absolute atomic E-state index is 8.73. The standard InChI is InChI=1S/C16H34NO/c1-2-12-17(14-9-7-10-15-17)13-8-5-3-4-6-11-16-18/h18H,2-16H2,1H3/q+1. The van der Waals surface area contributed by atoms with Gasteiger partial charge in [0.25, 0.3) is 0 Å². The topological polar surface area (TPSA) is 20.2 Å². The van der Waals surface area contributed by atoms with Crippen LogP contribution < -0.4 is 0 Å². The molecule has 0 aromatic carbocycles. The van der Waals surface area contributed by atoms with Gasteiger partial charge in [0.15, 0.2) is 0 Å². The number of unbranched alkanes of at least 4 members (excludes halogenated alkanes) is 5. The Bertz CT molecular complexity index is 182. The molecule has 0 atom stereocenters. The number of rotatable bonds is 10. The Kier molecular flexibility index (Phi) is 8.70. The van der Waals surface area contributed by atoms with Crippen LogP contribution in [0.5, 0.6) is 0 Å². The van der Waals surface area contributed by atoms with E-state index in [2.05, 4.69) is 6.92 Å². The predicted octanol–water partition coefficient (Wildman–Crippen LogP) is 3.73. The molecule has 0 amide bonds. The van der Waals surface area contributed by atoms with Crippen LogP contribution in [0.4, 0.5) is 0 Å². The first-order chi connectivity index (χ1) is 8.83. The van der Waals surface area contributed by atoms with Crippen LogP contribution in [0.25, 0.3) is 0 Å². The molecule has 1 saturated heterocycles. The Hall–Kier alpha value is -0.0800. The van der Waals surface area contributed by atoms with Gasteiger partial charge in [-0.3, -0.25) is 0 Å². The van der Waals surface area contributed by atoms with Crippen molar-refractivity contribution in [1.29, 1.82) is 0 Å². The minimum atomic E-state index is 0.372. The average Bonchev–Trinajstić information content (AvgIpc) is 2.39. The van der Waals surface area contributed by atoms with Crippen LogP contribution in [0.3, 0.4) is 0 Å². The first-order valence-electron chi connectivity index (χ1n) is 8.29. The zero-order chi connectivity index (χ0) is 13.1. The third-order valence-electron chi connectivity index (χ3n) is 4.50. The van der Waals surface area contributed by atoms with Gasteiger partial charge in [-0.15, -0.1) is 0 Å². The molecule has 1 rings (SSSR count). The fraction of sp³-hybridized carbons (Fsp3) is 1.00. The number of hydrogen-bond donors (Lipinski definition) is 1. The van der Waals surface area contributed by atoms with Gasteiger partial charge in [-0.05, 0) is 44.9 Å². The zero-order valence-corrected chi connectivity index (χ0v) is 12.5. The van der Waals surface area contributed by atoms with Crippen molar-refractivity contribution >= 4 is 0 Å². The third kappa shape index (κ3) is 6.19. The van der Waals surface area contributed by atoms with E-state index in [1.165, 1.54) is 88.4 Å². The highest BCUT2D eigenvalue weighted by atomic mass is 16.2. The zero-order valence-electron chi connectivity index (χ0n) is 12.5. The first kappa shape index (κ1) is 16.0. The van der Waals surface area contributed by atoms with E-state index in [0.29, 0.717) is 6.61 Å². The minimum Gasteiger partial charge on any atom is -0.396 e. The van der Waals surface area contributed by atoms with Gasteiger partial charge >= 0.3 is 0 Å². The van der Waals surface area contributed by atoms with Crippen molar-refractivity contribution in [2.24, 2.45) is 0 Å². The van der Waals surface area contributed by atoms with Gasteiger partial charge in [-0.25, -0.2) is 0 Å². The third-order valence-corrected chi connectivity index (χ3v) is 4.50. The SMILES string of the molecule is CCC[N+]1(CCCCCCCCO)CCCCC1. The first-order valence-corrected chi connectivity index (χ1v) is 8.29. The maximum Gasteiger partial charge on any atom is 0.0786 e. The lowest BCUT2D eigenvalue weighted by Gasteiger charge is -2.41. The fourth-order valence-electron chi connectivity index (χ4n) is 3.48. The summed E-state index contributed by atoms with van der Waals surface area (Å²) in [5.74, 6) is 0. The summed E-state index contributed by atoms with van der Waals surface area (Å²) >= 11 is 0. The highest BCUT2D eigenvalue weighted by Crippen LogP contribution is 2.21. The molecule has 2 nitrogen and oxygen atoms in total. The Morgan fingerprint density at radius 1 is 0.778 bits per heavy atom. The molecule has 1 fully saturated rings. The van der Waals surface area contributed by atoms with Crippen molar-refractivity contribution in [1.82, 2.24) is 0 Å². The van der Waals surface area contributed by atoms with Gasteiger partial charge in [0, 0.05) is 6.61 Å². The molecule has 1 aliphatic rings. The molecule has 0 saturated carbocycles.